The number of pyridine rings is 1. The molecule has 1 amide bonds. The summed E-state index contributed by atoms with van der Waals surface area (Å²) in [4.78, 5) is 25.5. The standard InChI is InChI=1S/C11H13BrN4O3/c1-6-8(16(18)19)5-14-11(10(6)12)15-7-2-3-9(17)13-4-7/h5,7H,2-4H2,1H3,(H,13,17)(H,14,15). The maximum Gasteiger partial charge on any atom is 0.291 e. The number of amides is 1. The normalized spacial score (nSPS) is 18.8. The first kappa shape index (κ1) is 13.7. The summed E-state index contributed by atoms with van der Waals surface area (Å²) >= 11 is 3.32. The minimum Gasteiger partial charge on any atom is -0.365 e. The third kappa shape index (κ3) is 3.01. The van der Waals surface area contributed by atoms with Gasteiger partial charge in [-0.2, -0.15) is 0 Å². The topological polar surface area (TPSA) is 97.2 Å². The summed E-state index contributed by atoms with van der Waals surface area (Å²) < 4.78 is 0.582. The smallest absolute Gasteiger partial charge is 0.291 e. The Morgan fingerprint density at radius 3 is 2.95 bits per heavy atom. The van der Waals surface area contributed by atoms with E-state index < -0.39 is 4.92 Å². The molecular formula is C11H13BrN4O3. The van der Waals surface area contributed by atoms with Gasteiger partial charge in [0.05, 0.1) is 9.40 Å². The Balaban J connectivity index is 2.15. The molecule has 1 fully saturated rings. The second kappa shape index (κ2) is 5.52. The van der Waals surface area contributed by atoms with E-state index in [-0.39, 0.29) is 17.6 Å². The Hall–Kier alpha value is -1.70. The van der Waals surface area contributed by atoms with Crippen LogP contribution in [-0.4, -0.2) is 28.4 Å². The summed E-state index contributed by atoms with van der Waals surface area (Å²) in [5.74, 6) is 0.606. The number of aromatic nitrogens is 1. The van der Waals surface area contributed by atoms with Crippen molar-refractivity contribution in [2.24, 2.45) is 0 Å². The fraction of sp³-hybridized carbons (Fsp3) is 0.455. The fourth-order valence-electron chi connectivity index (χ4n) is 1.90. The Kier molecular flexibility index (Phi) is 3.98. The van der Waals surface area contributed by atoms with Crippen LogP contribution in [-0.2, 0) is 4.79 Å². The van der Waals surface area contributed by atoms with Gasteiger partial charge in [-0.1, -0.05) is 0 Å². The van der Waals surface area contributed by atoms with Crippen LogP contribution < -0.4 is 10.6 Å². The van der Waals surface area contributed by atoms with Crippen molar-refractivity contribution in [3.63, 3.8) is 0 Å². The quantitative estimate of drug-likeness (QED) is 0.650. The van der Waals surface area contributed by atoms with E-state index in [1.54, 1.807) is 6.92 Å². The van der Waals surface area contributed by atoms with E-state index in [2.05, 4.69) is 31.5 Å². The zero-order valence-electron chi connectivity index (χ0n) is 10.3. The molecule has 0 bridgehead atoms. The highest BCUT2D eigenvalue weighted by molar-refractivity contribution is 9.10. The molecule has 1 aliphatic rings. The number of carbonyl (C=O) groups excluding carboxylic acids is 1. The van der Waals surface area contributed by atoms with Crippen molar-refractivity contribution in [1.82, 2.24) is 10.3 Å². The number of piperidine rings is 1. The van der Waals surface area contributed by atoms with Crippen molar-refractivity contribution in [3.8, 4) is 0 Å². The lowest BCUT2D eigenvalue weighted by atomic mass is 10.1. The van der Waals surface area contributed by atoms with E-state index in [1.165, 1.54) is 6.20 Å². The van der Waals surface area contributed by atoms with Crippen LogP contribution in [0.3, 0.4) is 0 Å². The molecule has 0 radical (unpaired) electrons. The molecule has 1 aliphatic heterocycles. The Morgan fingerprint density at radius 1 is 1.63 bits per heavy atom. The van der Waals surface area contributed by atoms with Crippen molar-refractivity contribution in [2.45, 2.75) is 25.8 Å². The zero-order valence-corrected chi connectivity index (χ0v) is 11.9. The molecular weight excluding hydrogens is 316 g/mol. The van der Waals surface area contributed by atoms with E-state index in [0.29, 0.717) is 28.8 Å². The van der Waals surface area contributed by atoms with Gasteiger partial charge in [-0.05, 0) is 29.3 Å². The molecule has 2 heterocycles. The molecule has 1 aromatic heterocycles. The number of hydrogen-bond donors (Lipinski definition) is 2. The monoisotopic (exact) mass is 328 g/mol. The maximum absolute atomic E-state index is 11.1. The molecule has 1 unspecified atom stereocenters. The number of anilines is 1. The van der Waals surface area contributed by atoms with Gasteiger partial charge in [0.2, 0.25) is 5.91 Å². The molecule has 8 heteroatoms. The number of nitrogens with zero attached hydrogens (tertiary/aromatic N) is 2. The second-order valence-electron chi connectivity index (χ2n) is 4.37. The van der Waals surface area contributed by atoms with E-state index in [9.17, 15) is 14.9 Å². The largest absolute Gasteiger partial charge is 0.365 e. The van der Waals surface area contributed by atoms with Gasteiger partial charge >= 0.3 is 0 Å². The molecule has 1 atom stereocenters. The lowest BCUT2D eigenvalue weighted by molar-refractivity contribution is -0.385. The van der Waals surface area contributed by atoms with Crippen LogP contribution in [0.25, 0.3) is 0 Å². The van der Waals surface area contributed by atoms with Crippen LogP contribution in [0.1, 0.15) is 18.4 Å². The van der Waals surface area contributed by atoms with Gasteiger partial charge in [0.1, 0.15) is 12.0 Å². The first-order valence-corrected chi connectivity index (χ1v) is 6.61. The average molecular weight is 329 g/mol. The summed E-state index contributed by atoms with van der Waals surface area (Å²) in [6.07, 6.45) is 2.43. The van der Waals surface area contributed by atoms with Crippen LogP contribution in [0.5, 0.6) is 0 Å². The summed E-state index contributed by atoms with van der Waals surface area (Å²) in [7, 11) is 0. The third-order valence-electron chi connectivity index (χ3n) is 3.04. The second-order valence-corrected chi connectivity index (χ2v) is 5.17. The van der Waals surface area contributed by atoms with Crippen LogP contribution >= 0.6 is 15.9 Å². The van der Waals surface area contributed by atoms with Crippen molar-refractivity contribution < 1.29 is 9.72 Å². The summed E-state index contributed by atoms with van der Waals surface area (Å²) in [5.41, 5.74) is 0.511. The molecule has 0 aliphatic carbocycles. The molecule has 7 nitrogen and oxygen atoms in total. The minimum absolute atomic E-state index is 0.0191. The van der Waals surface area contributed by atoms with Gasteiger partial charge in [-0.15, -0.1) is 0 Å². The summed E-state index contributed by atoms with van der Waals surface area (Å²) in [6, 6.07) is 0.0855. The van der Waals surface area contributed by atoms with Crippen molar-refractivity contribution >= 4 is 33.3 Å². The predicted octanol–water partition coefficient (Wildman–Crippen LogP) is 1.75. The molecule has 2 rings (SSSR count). The van der Waals surface area contributed by atoms with Crippen molar-refractivity contribution in [3.05, 3.63) is 26.3 Å². The molecule has 2 N–H and O–H groups in total. The lowest BCUT2D eigenvalue weighted by Crippen LogP contribution is -2.42. The number of rotatable bonds is 3. The molecule has 102 valence electrons. The van der Waals surface area contributed by atoms with Crippen LogP contribution in [0.4, 0.5) is 11.5 Å². The van der Waals surface area contributed by atoms with Gasteiger partial charge in [0, 0.05) is 24.6 Å². The van der Waals surface area contributed by atoms with E-state index in [1.807, 2.05) is 0 Å². The lowest BCUT2D eigenvalue weighted by Gasteiger charge is -2.24. The van der Waals surface area contributed by atoms with Gasteiger partial charge < -0.3 is 10.6 Å². The highest BCUT2D eigenvalue weighted by atomic mass is 79.9. The predicted molar refractivity (Wildman–Crippen MR) is 73.0 cm³/mol. The zero-order chi connectivity index (χ0) is 14.0. The number of halogens is 1. The molecule has 0 saturated carbocycles. The molecule has 19 heavy (non-hydrogen) atoms. The number of hydrogen-bond acceptors (Lipinski definition) is 5. The summed E-state index contributed by atoms with van der Waals surface area (Å²) in [6.45, 7) is 2.20. The molecule has 0 spiro atoms. The third-order valence-corrected chi connectivity index (χ3v) is 4.01. The number of carbonyl (C=O) groups is 1. The Bertz CT molecular complexity index is 525. The van der Waals surface area contributed by atoms with Crippen LogP contribution in [0, 0.1) is 17.0 Å². The number of nitro groups is 1. The highest BCUT2D eigenvalue weighted by Crippen LogP contribution is 2.31. The molecule has 1 saturated heterocycles. The Morgan fingerprint density at radius 2 is 2.37 bits per heavy atom. The van der Waals surface area contributed by atoms with Gasteiger partial charge in [-0.25, -0.2) is 4.98 Å². The van der Waals surface area contributed by atoms with Gasteiger partial charge in [0.15, 0.2) is 0 Å². The van der Waals surface area contributed by atoms with Crippen LogP contribution in [0.2, 0.25) is 0 Å². The first-order chi connectivity index (χ1) is 8.99. The minimum atomic E-state index is -0.461. The maximum atomic E-state index is 11.1. The van der Waals surface area contributed by atoms with E-state index in [4.69, 9.17) is 0 Å². The Labute approximate surface area is 118 Å². The molecule has 0 aromatic carbocycles. The van der Waals surface area contributed by atoms with Crippen molar-refractivity contribution in [1.29, 1.82) is 0 Å². The van der Waals surface area contributed by atoms with E-state index in [0.717, 1.165) is 6.42 Å². The summed E-state index contributed by atoms with van der Waals surface area (Å²) in [5, 5.41) is 16.7. The number of nitrogens with one attached hydrogen (secondary N) is 2. The fourth-order valence-corrected chi connectivity index (χ4v) is 2.32. The van der Waals surface area contributed by atoms with E-state index >= 15 is 0 Å². The average Bonchev–Trinajstić information content (AvgIpc) is 2.37. The van der Waals surface area contributed by atoms with Gasteiger partial charge in [0.25, 0.3) is 5.69 Å². The highest BCUT2D eigenvalue weighted by Gasteiger charge is 2.21. The van der Waals surface area contributed by atoms with Crippen LogP contribution in [0.15, 0.2) is 10.7 Å². The SMILES string of the molecule is Cc1c([N+](=O)[O-])cnc(NC2CCC(=O)NC2)c1Br. The first-order valence-electron chi connectivity index (χ1n) is 5.81. The van der Waals surface area contributed by atoms with Gasteiger partial charge in [-0.3, -0.25) is 14.9 Å². The molecule has 1 aromatic rings. The van der Waals surface area contributed by atoms with Crippen molar-refractivity contribution in [2.75, 3.05) is 11.9 Å².